The second kappa shape index (κ2) is 4.07. The van der Waals surface area contributed by atoms with E-state index in [1.807, 2.05) is 0 Å². The second-order valence-electron chi connectivity index (χ2n) is 3.84. The molecule has 2 N–H and O–H groups in total. The van der Waals surface area contributed by atoms with Crippen molar-refractivity contribution in [2.75, 3.05) is 26.2 Å². The predicted octanol–water partition coefficient (Wildman–Crippen LogP) is 0.986. The van der Waals surface area contributed by atoms with Gasteiger partial charge < -0.3 is 10.6 Å². The molecule has 1 unspecified atom stereocenters. The highest BCUT2D eigenvalue weighted by Crippen LogP contribution is 2.24. The number of hydrogen-bond donors (Lipinski definition) is 2. The predicted molar refractivity (Wildman–Crippen MR) is 48.8 cm³/mol. The van der Waals surface area contributed by atoms with Crippen molar-refractivity contribution < 1.29 is 0 Å². The summed E-state index contributed by atoms with van der Waals surface area (Å²) >= 11 is 0. The quantitative estimate of drug-likeness (QED) is 0.591. The van der Waals surface area contributed by atoms with Gasteiger partial charge in [0.1, 0.15) is 0 Å². The molecule has 1 saturated heterocycles. The first-order valence-electron chi connectivity index (χ1n) is 4.68. The molecular formula is C9H20N2. The van der Waals surface area contributed by atoms with E-state index in [1.54, 1.807) is 0 Å². The van der Waals surface area contributed by atoms with E-state index in [4.69, 9.17) is 0 Å². The minimum Gasteiger partial charge on any atom is -0.315 e. The van der Waals surface area contributed by atoms with Gasteiger partial charge in [-0.2, -0.15) is 0 Å². The Morgan fingerprint density at radius 1 is 1.18 bits per heavy atom. The molecule has 1 rings (SSSR count). The van der Waals surface area contributed by atoms with Crippen LogP contribution in [0.5, 0.6) is 0 Å². The van der Waals surface area contributed by atoms with Crippen LogP contribution < -0.4 is 10.6 Å². The van der Waals surface area contributed by atoms with Crippen molar-refractivity contribution in [3.05, 3.63) is 0 Å². The highest BCUT2D eigenvalue weighted by atomic mass is 15.0. The highest BCUT2D eigenvalue weighted by Gasteiger charge is 2.21. The maximum Gasteiger partial charge on any atom is 0.00769 e. The van der Waals surface area contributed by atoms with Crippen molar-refractivity contribution in [3.8, 4) is 0 Å². The van der Waals surface area contributed by atoms with Gasteiger partial charge in [0, 0.05) is 19.6 Å². The molecule has 2 heteroatoms. The fraction of sp³-hybridized carbons (Fsp3) is 1.00. The molecule has 0 aliphatic carbocycles. The third kappa shape index (κ3) is 2.80. The Labute approximate surface area is 69.8 Å². The standard InChI is InChI=1S/C9H20N2/c1-3-9(2)4-5-10-6-7-11-8-9/h10-11H,3-8H2,1-2H3. The molecule has 0 bridgehead atoms. The summed E-state index contributed by atoms with van der Waals surface area (Å²) in [6.07, 6.45) is 2.58. The molecule has 0 spiro atoms. The van der Waals surface area contributed by atoms with Crippen LogP contribution in [0.3, 0.4) is 0 Å². The number of rotatable bonds is 1. The molecule has 0 aromatic rings. The Bertz CT molecular complexity index is 104. The van der Waals surface area contributed by atoms with Crippen LogP contribution in [0.4, 0.5) is 0 Å². The van der Waals surface area contributed by atoms with Crippen molar-refractivity contribution in [2.24, 2.45) is 5.41 Å². The maximum atomic E-state index is 3.47. The molecule has 0 saturated carbocycles. The van der Waals surface area contributed by atoms with E-state index in [2.05, 4.69) is 24.5 Å². The van der Waals surface area contributed by atoms with E-state index < -0.39 is 0 Å². The van der Waals surface area contributed by atoms with Crippen LogP contribution in [-0.4, -0.2) is 26.2 Å². The third-order valence-corrected chi connectivity index (χ3v) is 2.79. The molecule has 1 aliphatic rings. The molecule has 0 aromatic carbocycles. The van der Waals surface area contributed by atoms with Crippen LogP contribution in [0.25, 0.3) is 0 Å². The lowest BCUT2D eigenvalue weighted by Crippen LogP contribution is -2.41. The van der Waals surface area contributed by atoms with E-state index in [1.165, 1.54) is 25.9 Å². The molecule has 11 heavy (non-hydrogen) atoms. The summed E-state index contributed by atoms with van der Waals surface area (Å²) in [5.74, 6) is 0. The minimum absolute atomic E-state index is 0.521. The minimum atomic E-state index is 0.521. The Balaban J connectivity index is 2.37. The molecule has 1 fully saturated rings. The van der Waals surface area contributed by atoms with Crippen LogP contribution in [0, 0.1) is 5.41 Å². The average Bonchev–Trinajstić information content (AvgIpc) is 1.98. The van der Waals surface area contributed by atoms with E-state index in [-0.39, 0.29) is 0 Å². The van der Waals surface area contributed by atoms with Gasteiger partial charge in [-0.05, 0) is 24.8 Å². The maximum absolute atomic E-state index is 3.47. The SMILES string of the molecule is CCC1(C)CCNCCNC1. The van der Waals surface area contributed by atoms with Crippen LogP contribution >= 0.6 is 0 Å². The largest absolute Gasteiger partial charge is 0.315 e. The first-order valence-corrected chi connectivity index (χ1v) is 4.68. The van der Waals surface area contributed by atoms with Crippen LogP contribution in [0.1, 0.15) is 26.7 Å². The van der Waals surface area contributed by atoms with Crippen LogP contribution in [0.15, 0.2) is 0 Å². The van der Waals surface area contributed by atoms with Crippen molar-refractivity contribution >= 4 is 0 Å². The lowest BCUT2D eigenvalue weighted by molar-refractivity contribution is 0.253. The van der Waals surface area contributed by atoms with Crippen LogP contribution in [0.2, 0.25) is 0 Å². The normalized spacial score (nSPS) is 34.4. The van der Waals surface area contributed by atoms with Gasteiger partial charge >= 0.3 is 0 Å². The van der Waals surface area contributed by atoms with Gasteiger partial charge in [-0.3, -0.25) is 0 Å². The van der Waals surface area contributed by atoms with E-state index >= 15 is 0 Å². The van der Waals surface area contributed by atoms with Crippen molar-refractivity contribution in [1.29, 1.82) is 0 Å². The average molecular weight is 156 g/mol. The van der Waals surface area contributed by atoms with Gasteiger partial charge in [0.2, 0.25) is 0 Å². The second-order valence-corrected chi connectivity index (χ2v) is 3.84. The molecule has 1 atom stereocenters. The van der Waals surface area contributed by atoms with Gasteiger partial charge in [0.05, 0.1) is 0 Å². The molecule has 0 aromatic heterocycles. The van der Waals surface area contributed by atoms with Crippen LogP contribution in [-0.2, 0) is 0 Å². The fourth-order valence-corrected chi connectivity index (χ4v) is 1.47. The zero-order valence-corrected chi connectivity index (χ0v) is 7.74. The van der Waals surface area contributed by atoms with E-state index in [9.17, 15) is 0 Å². The molecular weight excluding hydrogens is 136 g/mol. The smallest absolute Gasteiger partial charge is 0.00769 e. The molecule has 1 aliphatic heterocycles. The molecule has 0 amide bonds. The van der Waals surface area contributed by atoms with Crippen molar-refractivity contribution in [1.82, 2.24) is 10.6 Å². The zero-order valence-electron chi connectivity index (χ0n) is 7.74. The summed E-state index contributed by atoms with van der Waals surface area (Å²) in [4.78, 5) is 0. The first-order chi connectivity index (χ1) is 5.27. The summed E-state index contributed by atoms with van der Waals surface area (Å²) < 4.78 is 0. The lowest BCUT2D eigenvalue weighted by Gasteiger charge is -2.30. The van der Waals surface area contributed by atoms with Gasteiger partial charge in [-0.15, -0.1) is 0 Å². The van der Waals surface area contributed by atoms with Gasteiger partial charge in [-0.1, -0.05) is 13.8 Å². The summed E-state index contributed by atoms with van der Waals surface area (Å²) in [5, 5.41) is 6.88. The highest BCUT2D eigenvalue weighted by molar-refractivity contribution is 4.78. The first kappa shape index (κ1) is 9.01. The van der Waals surface area contributed by atoms with Gasteiger partial charge in [-0.25, -0.2) is 0 Å². The fourth-order valence-electron chi connectivity index (χ4n) is 1.47. The summed E-state index contributed by atoms with van der Waals surface area (Å²) in [6, 6.07) is 0. The Hall–Kier alpha value is -0.0800. The lowest BCUT2D eigenvalue weighted by atomic mass is 9.83. The molecule has 0 radical (unpaired) electrons. The Kier molecular flexibility index (Phi) is 3.34. The number of hydrogen-bond acceptors (Lipinski definition) is 2. The Morgan fingerprint density at radius 3 is 2.64 bits per heavy atom. The van der Waals surface area contributed by atoms with E-state index in [0.717, 1.165) is 13.1 Å². The topological polar surface area (TPSA) is 24.1 Å². The molecule has 2 nitrogen and oxygen atoms in total. The van der Waals surface area contributed by atoms with Gasteiger partial charge in [0.15, 0.2) is 0 Å². The van der Waals surface area contributed by atoms with Crippen molar-refractivity contribution in [2.45, 2.75) is 26.7 Å². The molecule has 66 valence electrons. The number of nitrogens with one attached hydrogen (secondary N) is 2. The monoisotopic (exact) mass is 156 g/mol. The van der Waals surface area contributed by atoms with Gasteiger partial charge in [0.25, 0.3) is 0 Å². The Morgan fingerprint density at radius 2 is 1.91 bits per heavy atom. The zero-order chi connectivity index (χ0) is 8.16. The van der Waals surface area contributed by atoms with E-state index in [0.29, 0.717) is 5.41 Å². The summed E-state index contributed by atoms with van der Waals surface area (Å²) in [5.41, 5.74) is 0.521. The van der Waals surface area contributed by atoms with Crippen molar-refractivity contribution in [3.63, 3.8) is 0 Å². The summed E-state index contributed by atoms with van der Waals surface area (Å²) in [7, 11) is 0. The third-order valence-electron chi connectivity index (χ3n) is 2.79. The molecule has 1 heterocycles. The summed E-state index contributed by atoms with van der Waals surface area (Å²) in [6.45, 7) is 9.27.